The third-order valence-electron chi connectivity index (χ3n) is 2.99. The van der Waals surface area contributed by atoms with E-state index >= 15 is 0 Å². The van der Waals surface area contributed by atoms with E-state index in [1.807, 2.05) is 6.07 Å². The van der Waals surface area contributed by atoms with Gasteiger partial charge in [0.15, 0.2) is 0 Å². The molecule has 1 rings (SSSR count). The molecule has 1 aromatic rings. The van der Waals surface area contributed by atoms with Gasteiger partial charge >= 0.3 is 0 Å². The first-order valence-electron chi connectivity index (χ1n) is 5.96. The Bertz CT molecular complexity index is 295. The van der Waals surface area contributed by atoms with Crippen molar-refractivity contribution in [3.63, 3.8) is 0 Å². The van der Waals surface area contributed by atoms with Crippen LogP contribution in [0.1, 0.15) is 38.7 Å². The van der Waals surface area contributed by atoms with E-state index in [9.17, 15) is 0 Å². The van der Waals surface area contributed by atoms with Gasteiger partial charge in [0.2, 0.25) is 0 Å². The van der Waals surface area contributed by atoms with E-state index in [-0.39, 0.29) is 12.1 Å². The molecule has 0 radical (unpaired) electrons. The lowest BCUT2D eigenvalue weighted by molar-refractivity contribution is 0.229. The Labute approximate surface area is 98.7 Å². The first-order chi connectivity index (χ1) is 7.55. The average molecular weight is 221 g/mol. The monoisotopic (exact) mass is 221 g/mol. The minimum absolute atomic E-state index is 0.0117. The van der Waals surface area contributed by atoms with Crippen LogP contribution in [-0.4, -0.2) is 23.8 Å². The molecule has 0 bridgehead atoms. The molecule has 0 amide bonds. The van der Waals surface area contributed by atoms with E-state index in [1.54, 1.807) is 0 Å². The number of hydrogen-bond donors (Lipinski definition) is 2. The van der Waals surface area contributed by atoms with Crippen LogP contribution in [0.15, 0.2) is 30.3 Å². The van der Waals surface area contributed by atoms with E-state index in [1.165, 1.54) is 5.56 Å². The molecule has 0 unspecified atom stereocenters. The second-order valence-corrected chi connectivity index (χ2v) is 5.05. The number of nitrogens with one attached hydrogen (secondary N) is 1. The smallest absolute Gasteiger partial charge is 0.0448 e. The summed E-state index contributed by atoms with van der Waals surface area (Å²) < 4.78 is 0. The van der Waals surface area contributed by atoms with Crippen LogP contribution >= 0.6 is 0 Å². The molecule has 0 aliphatic carbocycles. The van der Waals surface area contributed by atoms with Crippen LogP contribution in [0.2, 0.25) is 0 Å². The third-order valence-corrected chi connectivity index (χ3v) is 2.99. The van der Waals surface area contributed by atoms with E-state index in [0.29, 0.717) is 5.92 Å². The van der Waals surface area contributed by atoms with Gasteiger partial charge in [-0.3, -0.25) is 0 Å². The van der Waals surface area contributed by atoms with Gasteiger partial charge in [0, 0.05) is 18.7 Å². The summed E-state index contributed by atoms with van der Waals surface area (Å²) in [5.41, 5.74) is 1.37. The average Bonchev–Trinajstić information content (AvgIpc) is 2.27. The predicted molar refractivity (Wildman–Crippen MR) is 68.6 cm³/mol. The molecular formula is C14H23NO. The molecule has 0 fully saturated rings. The van der Waals surface area contributed by atoms with Gasteiger partial charge in [0.25, 0.3) is 0 Å². The zero-order chi connectivity index (χ0) is 12.0. The second kappa shape index (κ2) is 6.02. The Kier molecular flexibility index (Phi) is 4.97. The highest BCUT2D eigenvalue weighted by molar-refractivity contribution is 5.19. The van der Waals surface area contributed by atoms with Crippen LogP contribution in [0.25, 0.3) is 0 Å². The standard InChI is InChI=1S/C14H23NO/c1-12(13-7-5-4-6-8-13)11-15-14(2,3)9-10-16/h4-8,12,15-16H,9-11H2,1-3H3/t12-/m0/s1. The molecule has 0 saturated carbocycles. The summed E-state index contributed by atoms with van der Waals surface area (Å²) in [6.45, 7) is 7.65. The summed E-state index contributed by atoms with van der Waals surface area (Å²) >= 11 is 0. The molecule has 2 nitrogen and oxygen atoms in total. The van der Waals surface area contributed by atoms with E-state index in [2.05, 4.69) is 50.4 Å². The van der Waals surface area contributed by atoms with Crippen molar-refractivity contribution in [2.24, 2.45) is 0 Å². The highest BCUT2D eigenvalue weighted by Crippen LogP contribution is 2.15. The highest BCUT2D eigenvalue weighted by Gasteiger charge is 2.17. The lowest BCUT2D eigenvalue weighted by Crippen LogP contribution is -2.41. The van der Waals surface area contributed by atoms with Crippen molar-refractivity contribution >= 4 is 0 Å². The summed E-state index contributed by atoms with van der Waals surface area (Å²) in [4.78, 5) is 0. The molecule has 90 valence electrons. The van der Waals surface area contributed by atoms with Gasteiger partial charge in [-0.2, -0.15) is 0 Å². The molecule has 2 heteroatoms. The second-order valence-electron chi connectivity index (χ2n) is 5.05. The molecular weight excluding hydrogens is 198 g/mol. The lowest BCUT2D eigenvalue weighted by atomic mass is 9.97. The van der Waals surface area contributed by atoms with Crippen molar-refractivity contribution in [3.8, 4) is 0 Å². The molecule has 0 aliphatic heterocycles. The summed E-state index contributed by atoms with van der Waals surface area (Å²) in [6, 6.07) is 10.5. The van der Waals surface area contributed by atoms with Crippen molar-refractivity contribution in [1.82, 2.24) is 5.32 Å². The minimum Gasteiger partial charge on any atom is -0.396 e. The van der Waals surface area contributed by atoms with Gasteiger partial charge in [0.05, 0.1) is 0 Å². The first kappa shape index (κ1) is 13.2. The molecule has 0 spiro atoms. The van der Waals surface area contributed by atoms with Gasteiger partial charge in [-0.05, 0) is 31.7 Å². The molecule has 16 heavy (non-hydrogen) atoms. The molecule has 0 aromatic heterocycles. The zero-order valence-electron chi connectivity index (χ0n) is 10.5. The molecule has 1 aromatic carbocycles. The maximum atomic E-state index is 8.94. The summed E-state index contributed by atoms with van der Waals surface area (Å²) in [5.74, 6) is 0.499. The number of rotatable bonds is 6. The maximum Gasteiger partial charge on any atom is 0.0448 e. The van der Waals surface area contributed by atoms with Crippen LogP contribution in [0.3, 0.4) is 0 Å². The number of aliphatic hydroxyl groups excluding tert-OH is 1. The maximum absolute atomic E-state index is 8.94. The fourth-order valence-electron chi connectivity index (χ4n) is 1.70. The normalized spacial score (nSPS) is 13.8. The summed E-state index contributed by atoms with van der Waals surface area (Å²) in [7, 11) is 0. The van der Waals surface area contributed by atoms with Crippen molar-refractivity contribution in [2.75, 3.05) is 13.2 Å². The lowest BCUT2D eigenvalue weighted by Gasteiger charge is -2.27. The van der Waals surface area contributed by atoms with Crippen LogP contribution in [-0.2, 0) is 0 Å². The molecule has 0 aliphatic rings. The van der Waals surface area contributed by atoms with Crippen molar-refractivity contribution in [2.45, 2.75) is 38.6 Å². The van der Waals surface area contributed by atoms with Gasteiger partial charge in [0.1, 0.15) is 0 Å². The Morgan fingerprint density at radius 3 is 2.44 bits per heavy atom. The number of aliphatic hydroxyl groups is 1. The first-order valence-corrected chi connectivity index (χ1v) is 5.96. The van der Waals surface area contributed by atoms with Gasteiger partial charge < -0.3 is 10.4 Å². The van der Waals surface area contributed by atoms with Crippen LogP contribution in [0.4, 0.5) is 0 Å². The van der Waals surface area contributed by atoms with E-state index in [4.69, 9.17) is 5.11 Å². The Hall–Kier alpha value is -0.860. The Morgan fingerprint density at radius 2 is 1.88 bits per heavy atom. The van der Waals surface area contributed by atoms with E-state index in [0.717, 1.165) is 13.0 Å². The van der Waals surface area contributed by atoms with E-state index < -0.39 is 0 Å². The van der Waals surface area contributed by atoms with Crippen LogP contribution in [0, 0.1) is 0 Å². The Balaban J connectivity index is 2.44. The predicted octanol–water partition coefficient (Wildman–Crippen LogP) is 2.54. The van der Waals surface area contributed by atoms with Crippen molar-refractivity contribution < 1.29 is 5.11 Å². The molecule has 1 atom stereocenters. The summed E-state index contributed by atoms with van der Waals surface area (Å²) in [5, 5.41) is 12.4. The largest absolute Gasteiger partial charge is 0.396 e. The van der Waals surface area contributed by atoms with Crippen molar-refractivity contribution in [1.29, 1.82) is 0 Å². The van der Waals surface area contributed by atoms with Gasteiger partial charge in [-0.1, -0.05) is 37.3 Å². The number of hydrogen-bond acceptors (Lipinski definition) is 2. The van der Waals surface area contributed by atoms with Gasteiger partial charge in [-0.15, -0.1) is 0 Å². The fraction of sp³-hybridized carbons (Fsp3) is 0.571. The number of benzene rings is 1. The SMILES string of the molecule is C[C@@H](CNC(C)(C)CCO)c1ccccc1. The molecule has 0 heterocycles. The summed E-state index contributed by atoms with van der Waals surface area (Å²) in [6.07, 6.45) is 0.786. The third kappa shape index (κ3) is 4.33. The highest BCUT2D eigenvalue weighted by atomic mass is 16.3. The topological polar surface area (TPSA) is 32.3 Å². The molecule has 0 saturated heterocycles. The fourth-order valence-corrected chi connectivity index (χ4v) is 1.70. The minimum atomic E-state index is 0.0117. The van der Waals surface area contributed by atoms with Crippen molar-refractivity contribution in [3.05, 3.63) is 35.9 Å². The molecule has 2 N–H and O–H groups in total. The van der Waals surface area contributed by atoms with Gasteiger partial charge in [-0.25, -0.2) is 0 Å². The van der Waals surface area contributed by atoms with Crippen LogP contribution < -0.4 is 5.32 Å². The van der Waals surface area contributed by atoms with Crippen LogP contribution in [0.5, 0.6) is 0 Å². The zero-order valence-corrected chi connectivity index (χ0v) is 10.5. The quantitative estimate of drug-likeness (QED) is 0.773. The Morgan fingerprint density at radius 1 is 1.25 bits per heavy atom.